The number of hydrogen-bond acceptors (Lipinski definition) is 2. The first-order chi connectivity index (χ1) is 6.15. The first-order valence-corrected chi connectivity index (χ1v) is 4.20. The maximum Gasteiger partial charge on any atom is 0.141 e. The minimum Gasteiger partial charge on any atom is -0.324 e. The van der Waals surface area contributed by atoms with Crippen molar-refractivity contribution in [3.63, 3.8) is 0 Å². The third-order valence-electron chi connectivity index (χ3n) is 1.65. The number of rotatable bonds is 3. The van der Waals surface area contributed by atoms with Gasteiger partial charge in [-0.05, 0) is 12.5 Å². The van der Waals surface area contributed by atoms with Crippen molar-refractivity contribution in [1.82, 2.24) is 4.98 Å². The third-order valence-corrected chi connectivity index (χ3v) is 1.97. The molecule has 1 unspecified atom stereocenters. The summed E-state index contributed by atoms with van der Waals surface area (Å²) in [7, 11) is 0. The van der Waals surface area contributed by atoms with Gasteiger partial charge >= 0.3 is 0 Å². The molecular formula is C9H10ClFN2. The van der Waals surface area contributed by atoms with Crippen LogP contribution >= 0.6 is 11.6 Å². The molecule has 13 heavy (non-hydrogen) atoms. The molecular weight excluding hydrogens is 191 g/mol. The van der Waals surface area contributed by atoms with Gasteiger partial charge in [0, 0.05) is 11.6 Å². The van der Waals surface area contributed by atoms with Crippen molar-refractivity contribution in [2.75, 3.05) is 0 Å². The predicted molar refractivity (Wildman–Crippen MR) is 50.9 cm³/mol. The normalized spacial score (nSPS) is 12.5. The Kier molecular flexibility index (Phi) is 3.39. The second kappa shape index (κ2) is 4.35. The van der Waals surface area contributed by atoms with Crippen LogP contribution in [-0.2, 0) is 0 Å². The molecule has 0 radical (unpaired) electrons. The van der Waals surface area contributed by atoms with Crippen LogP contribution in [0.3, 0.4) is 0 Å². The maximum atomic E-state index is 12.7. The Morgan fingerprint density at radius 1 is 1.77 bits per heavy atom. The standard InChI is InChI=1S/C9H10ClFN2/c1-2-3-8(12)7-4-6(11)5-13-9(7)10/h2,4-5,8H,1,3,12H2. The second-order valence-electron chi connectivity index (χ2n) is 2.66. The van der Waals surface area contributed by atoms with E-state index in [2.05, 4.69) is 11.6 Å². The summed E-state index contributed by atoms with van der Waals surface area (Å²) in [4.78, 5) is 3.66. The van der Waals surface area contributed by atoms with Gasteiger partial charge in [0.15, 0.2) is 0 Å². The Morgan fingerprint density at radius 3 is 3.08 bits per heavy atom. The Hall–Kier alpha value is -0.930. The number of nitrogens with zero attached hydrogens (tertiary/aromatic N) is 1. The summed E-state index contributed by atoms with van der Waals surface area (Å²) in [5.41, 5.74) is 6.23. The largest absolute Gasteiger partial charge is 0.324 e. The molecule has 0 fully saturated rings. The van der Waals surface area contributed by atoms with Gasteiger partial charge in [0.1, 0.15) is 11.0 Å². The summed E-state index contributed by atoms with van der Waals surface area (Å²) in [6.07, 6.45) is 3.27. The number of pyridine rings is 1. The molecule has 1 atom stereocenters. The van der Waals surface area contributed by atoms with Crippen LogP contribution in [0.4, 0.5) is 4.39 Å². The van der Waals surface area contributed by atoms with Crippen LogP contribution in [0.1, 0.15) is 18.0 Å². The SMILES string of the molecule is C=CCC(N)c1cc(F)cnc1Cl. The van der Waals surface area contributed by atoms with Crippen molar-refractivity contribution >= 4 is 11.6 Å². The van der Waals surface area contributed by atoms with Gasteiger partial charge in [0.05, 0.1) is 6.20 Å². The highest BCUT2D eigenvalue weighted by atomic mass is 35.5. The van der Waals surface area contributed by atoms with Gasteiger partial charge in [-0.25, -0.2) is 9.37 Å². The molecule has 0 bridgehead atoms. The second-order valence-corrected chi connectivity index (χ2v) is 3.02. The molecule has 0 aliphatic heterocycles. The molecule has 0 saturated carbocycles. The number of hydrogen-bond donors (Lipinski definition) is 1. The lowest BCUT2D eigenvalue weighted by Gasteiger charge is -2.10. The number of halogens is 2. The van der Waals surface area contributed by atoms with Gasteiger partial charge in [-0.1, -0.05) is 17.7 Å². The zero-order chi connectivity index (χ0) is 9.84. The highest BCUT2D eigenvalue weighted by Crippen LogP contribution is 2.22. The van der Waals surface area contributed by atoms with E-state index in [4.69, 9.17) is 17.3 Å². The lowest BCUT2D eigenvalue weighted by atomic mass is 10.1. The van der Waals surface area contributed by atoms with Gasteiger partial charge in [-0.3, -0.25) is 0 Å². The lowest BCUT2D eigenvalue weighted by Crippen LogP contribution is -2.10. The van der Waals surface area contributed by atoms with E-state index in [-0.39, 0.29) is 11.2 Å². The van der Waals surface area contributed by atoms with E-state index in [1.165, 1.54) is 6.07 Å². The van der Waals surface area contributed by atoms with E-state index in [1.54, 1.807) is 6.08 Å². The summed E-state index contributed by atoms with van der Waals surface area (Å²) in [6.45, 7) is 3.54. The quantitative estimate of drug-likeness (QED) is 0.601. The Labute approximate surface area is 81.2 Å². The molecule has 2 N–H and O–H groups in total. The average molecular weight is 201 g/mol. The molecule has 0 aliphatic carbocycles. The molecule has 0 saturated heterocycles. The predicted octanol–water partition coefficient (Wildman–Crippen LogP) is 2.45. The van der Waals surface area contributed by atoms with Gasteiger partial charge in [-0.15, -0.1) is 6.58 Å². The van der Waals surface area contributed by atoms with Crippen LogP contribution in [-0.4, -0.2) is 4.98 Å². The molecule has 1 aromatic rings. The molecule has 2 nitrogen and oxygen atoms in total. The molecule has 1 aromatic heterocycles. The summed E-state index contributed by atoms with van der Waals surface area (Å²) >= 11 is 5.73. The van der Waals surface area contributed by atoms with Crippen LogP contribution < -0.4 is 5.73 Å². The monoisotopic (exact) mass is 200 g/mol. The van der Waals surface area contributed by atoms with Crippen LogP contribution in [0.2, 0.25) is 5.15 Å². The first kappa shape index (κ1) is 10.2. The van der Waals surface area contributed by atoms with E-state index < -0.39 is 5.82 Å². The minimum absolute atomic E-state index is 0.246. The van der Waals surface area contributed by atoms with Crippen molar-refractivity contribution in [2.45, 2.75) is 12.5 Å². The topological polar surface area (TPSA) is 38.9 Å². The summed E-state index contributed by atoms with van der Waals surface area (Å²) in [5.74, 6) is -0.432. The first-order valence-electron chi connectivity index (χ1n) is 3.82. The molecule has 0 aromatic carbocycles. The van der Waals surface area contributed by atoms with Crippen LogP contribution in [0.5, 0.6) is 0 Å². The maximum absolute atomic E-state index is 12.7. The summed E-state index contributed by atoms with van der Waals surface area (Å²) < 4.78 is 12.7. The lowest BCUT2D eigenvalue weighted by molar-refractivity contribution is 0.612. The summed E-state index contributed by atoms with van der Waals surface area (Å²) in [5, 5.41) is 0.246. The minimum atomic E-state index is -0.432. The van der Waals surface area contributed by atoms with Gasteiger partial charge in [0.2, 0.25) is 0 Å². The highest BCUT2D eigenvalue weighted by Gasteiger charge is 2.10. The third kappa shape index (κ3) is 2.50. The van der Waals surface area contributed by atoms with Crippen molar-refractivity contribution in [3.05, 3.63) is 41.5 Å². The molecule has 1 rings (SSSR count). The van der Waals surface area contributed by atoms with Crippen LogP contribution in [0, 0.1) is 5.82 Å². The van der Waals surface area contributed by atoms with Crippen molar-refractivity contribution in [2.24, 2.45) is 5.73 Å². The molecule has 0 spiro atoms. The Morgan fingerprint density at radius 2 is 2.46 bits per heavy atom. The fourth-order valence-electron chi connectivity index (χ4n) is 1.00. The van der Waals surface area contributed by atoms with Gasteiger partial charge in [-0.2, -0.15) is 0 Å². The highest BCUT2D eigenvalue weighted by molar-refractivity contribution is 6.30. The molecule has 1 heterocycles. The average Bonchev–Trinajstić information content (AvgIpc) is 2.09. The summed E-state index contributed by atoms with van der Waals surface area (Å²) in [6, 6.07) is 0.956. The number of nitrogens with two attached hydrogens (primary N) is 1. The number of aromatic nitrogens is 1. The fraction of sp³-hybridized carbons (Fsp3) is 0.222. The van der Waals surface area contributed by atoms with Gasteiger partial charge in [0.25, 0.3) is 0 Å². The van der Waals surface area contributed by atoms with Crippen molar-refractivity contribution in [1.29, 1.82) is 0 Å². The van der Waals surface area contributed by atoms with E-state index in [9.17, 15) is 4.39 Å². The van der Waals surface area contributed by atoms with Crippen molar-refractivity contribution < 1.29 is 4.39 Å². The molecule has 0 amide bonds. The van der Waals surface area contributed by atoms with Crippen LogP contribution in [0.25, 0.3) is 0 Å². The Balaban J connectivity index is 2.97. The van der Waals surface area contributed by atoms with E-state index >= 15 is 0 Å². The smallest absolute Gasteiger partial charge is 0.141 e. The molecule has 70 valence electrons. The van der Waals surface area contributed by atoms with Crippen molar-refractivity contribution in [3.8, 4) is 0 Å². The van der Waals surface area contributed by atoms with E-state index in [1.807, 2.05) is 0 Å². The molecule has 0 aliphatic rings. The van der Waals surface area contributed by atoms with E-state index in [0.29, 0.717) is 12.0 Å². The zero-order valence-corrected chi connectivity index (χ0v) is 7.76. The van der Waals surface area contributed by atoms with E-state index in [0.717, 1.165) is 6.20 Å². The van der Waals surface area contributed by atoms with Crippen LogP contribution in [0.15, 0.2) is 24.9 Å². The zero-order valence-electron chi connectivity index (χ0n) is 7.00. The fourth-order valence-corrected chi connectivity index (χ4v) is 1.25. The van der Waals surface area contributed by atoms with Gasteiger partial charge < -0.3 is 5.73 Å². The molecule has 4 heteroatoms. The Bertz CT molecular complexity index is 314.